The summed E-state index contributed by atoms with van der Waals surface area (Å²) in [6.45, 7) is 6.27. The van der Waals surface area contributed by atoms with E-state index in [2.05, 4.69) is 20.8 Å². The van der Waals surface area contributed by atoms with Crippen LogP contribution in [0.4, 0.5) is 0 Å². The van der Waals surface area contributed by atoms with Crippen LogP contribution in [0.15, 0.2) is 24.3 Å². The third kappa shape index (κ3) is 2.83. The zero-order chi connectivity index (χ0) is 12.3. The van der Waals surface area contributed by atoms with E-state index in [9.17, 15) is 4.79 Å². The number of hydrogen-bond acceptors (Lipinski definition) is 2. The SMILES string of the molecule is COC(c1ccc(C(=O)O)cc1)C(C)(C)C. The van der Waals surface area contributed by atoms with Crippen molar-refractivity contribution in [3.63, 3.8) is 0 Å². The van der Waals surface area contributed by atoms with E-state index in [0.717, 1.165) is 5.56 Å². The predicted octanol–water partition coefficient (Wildman–Crippen LogP) is 3.12. The standard InChI is InChI=1S/C13H18O3/c1-13(2,3)11(16-4)9-5-7-10(8-6-9)12(14)15/h5-8,11H,1-4H3,(H,14,15). The first kappa shape index (κ1) is 12.7. The van der Waals surface area contributed by atoms with E-state index in [0.29, 0.717) is 5.56 Å². The average molecular weight is 222 g/mol. The Labute approximate surface area is 96.1 Å². The van der Waals surface area contributed by atoms with E-state index in [-0.39, 0.29) is 11.5 Å². The molecule has 0 saturated heterocycles. The third-order valence-electron chi connectivity index (χ3n) is 2.48. The summed E-state index contributed by atoms with van der Waals surface area (Å²) in [5.74, 6) is -0.906. The second-order valence-corrected chi connectivity index (χ2v) is 4.91. The van der Waals surface area contributed by atoms with Crippen molar-refractivity contribution in [1.29, 1.82) is 0 Å². The molecule has 3 heteroatoms. The molecule has 0 aliphatic rings. The Kier molecular flexibility index (Phi) is 3.70. The normalized spacial score (nSPS) is 13.5. The lowest BCUT2D eigenvalue weighted by Crippen LogP contribution is -2.20. The molecule has 1 N–H and O–H groups in total. The Morgan fingerprint density at radius 2 is 1.75 bits per heavy atom. The highest BCUT2D eigenvalue weighted by molar-refractivity contribution is 5.87. The largest absolute Gasteiger partial charge is 0.478 e. The highest BCUT2D eigenvalue weighted by Crippen LogP contribution is 2.35. The first-order valence-electron chi connectivity index (χ1n) is 5.22. The van der Waals surface area contributed by atoms with Gasteiger partial charge in [-0.1, -0.05) is 32.9 Å². The molecule has 0 spiro atoms. The number of rotatable bonds is 3. The summed E-state index contributed by atoms with van der Waals surface area (Å²) in [6.07, 6.45) is -0.0321. The molecule has 0 aliphatic carbocycles. The summed E-state index contributed by atoms with van der Waals surface area (Å²) in [6, 6.07) is 6.83. The minimum absolute atomic E-state index is 0.0144. The monoisotopic (exact) mass is 222 g/mol. The summed E-state index contributed by atoms with van der Waals surface area (Å²) in [5.41, 5.74) is 1.28. The molecular formula is C13H18O3. The Morgan fingerprint density at radius 3 is 2.06 bits per heavy atom. The molecule has 1 atom stereocenters. The van der Waals surface area contributed by atoms with Crippen LogP contribution >= 0.6 is 0 Å². The summed E-state index contributed by atoms with van der Waals surface area (Å²) in [5, 5.41) is 8.80. The van der Waals surface area contributed by atoms with Gasteiger partial charge in [0.2, 0.25) is 0 Å². The van der Waals surface area contributed by atoms with Gasteiger partial charge in [0.15, 0.2) is 0 Å². The summed E-state index contributed by atoms with van der Waals surface area (Å²) in [7, 11) is 1.67. The Balaban J connectivity index is 3.00. The van der Waals surface area contributed by atoms with Crippen LogP contribution < -0.4 is 0 Å². The zero-order valence-corrected chi connectivity index (χ0v) is 10.2. The number of ether oxygens (including phenoxy) is 1. The van der Waals surface area contributed by atoms with E-state index in [4.69, 9.17) is 9.84 Å². The van der Waals surface area contributed by atoms with Gasteiger partial charge in [-0.25, -0.2) is 4.79 Å². The Morgan fingerprint density at radius 1 is 1.25 bits per heavy atom. The van der Waals surface area contributed by atoms with Gasteiger partial charge in [0.25, 0.3) is 0 Å². The van der Waals surface area contributed by atoms with Gasteiger partial charge in [-0.2, -0.15) is 0 Å². The number of methoxy groups -OCH3 is 1. The minimum atomic E-state index is -0.906. The lowest BCUT2D eigenvalue weighted by molar-refractivity contribution is 0.0152. The van der Waals surface area contributed by atoms with Crippen LogP contribution in [0.1, 0.15) is 42.8 Å². The molecule has 1 aromatic carbocycles. The van der Waals surface area contributed by atoms with E-state index in [1.165, 1.54) is 0 Å². The van der Waals surface area contributed by atoms with Crippen molar-refractivity contribution in [2.45, 2.75) is 26.9 Å². The first-order chi connectivity index (χ1) is 7.36. The van der Waals surface area contributed by atoms with Crippen molar-refractivity contribution in [3.8, 4) is 0 Å². The molecule has 0 bridgehead atoms. The maximum Gasteiger partial charge on any atom is 0.335 e. The lowest BCUT2D eigenvalue weighted by Gasteiger charge is -2.29. The number of benzene rings is 1. The molecule has 0 saturated carbocycles. The van der Waals surface area contributed by atoms with E-state index in [1.807, 2.05) is 12.1 Å². The Hall–Kier alpha value is -1.35. The molecule has 0 aromatic heterocycles. The van der Waals surface area contributed by atoms with Gasteiger partial charge in [-0.05, 0) is 23.1 Å². The van der Waals surface area contributed by atoms with E-state index < -0.39 is 5.97 Å². The van der Waals surface area contributed by atoms with Crippen LogP contribution in [-0.4, -0.2) is 18.2 Å². The van der Waals surface area contributed by atoms with Crippen LogP contribution in [0.5, 0.6) is 0 Å². The molecule has 3 nitrogen and oxygen atoms in total. The zero-order valence-electron chi connectivity index (χ0n) is 10.2. The number of carbonyl (C=O) groups is 1. The third-order valence-corrected chi connectivity index (χ3v) is 2.48. The van der Waals surface area contributed by atoms with Gasteiger partial charge >= 0.3 is 5.97 Å². The van der Waals surface area contributed by atoms with Gasteiger partial charge in [0.1, 0.15) is 0 Å². The molecular weight excluding hydrogens is 204 g/mol. The summed E-state index contributed by atoms with van der Waals surface area (Å²) in [4.78, 5) is 10.7. The average Bonchev–Trinajstić information content (AvgIpc) is 2.17. The fourth-order valence-corrected chi connectivity index (χ4v) is 1.79. The quantitative estimate of drug-likeness (QED) is 0.854. The van der Waals surface area contributed by atoms with Gasteiger partial charge < -0.3 is 9.84 Å². The van der Waals surface area contributed by atoms with Crippen molar-refractivity contribution in [2.75, 3.05) is 7.11 Å². The lowest BCUT2D eigenvalue weighted by atomic mass is 9.84. The van der Waals surface area contributed by atoms with E-state index >= 15 is 0 Å². The number of hydrogen-bond donors (Lipinski definition) is 1. The fraction of sp³-hybridized carbons (Fsp3) is 0.462. The summed E-state index contributed by atoms with van der Waals surface area (Å²) >= 11 is 0. The fourth-order valence-electron chi connectivity index (χ4n) is 1.79. The van der Waals surface area contributed by atoms with Crippen molar-refractivity contribution in [2.24, 2.45) is 5.41 Å². The molecule has 0 aliphatic heterocycles. The molecule has 1 aromatic rings. The second-order valence-electron chi connectivity index (χ2n) is 4.91. The van der Waals surface area contributed by atoms with Crippen molar-refractivity contribution >= 4 is 5.97 Å². The van der Waals surface area contributed by atoms with Gasteiger partial charge in [0.05, 0.1) is 11.7 Å². The predicted molar refractivity (Wildman–Crippen MR) is 62.6 cm³/mol. The molecule has 16 heavy (non-hydrogen) atoms. The van der Waals surface area contributed by atoms with Crippen LogP contribution in [0.3, 0.4) is 0 Å². The van der Waals surface area contributed by atoms with Crippen LogP contribution in [0.25, 0.3) is 0 Å². The maximum absolute atomic E-state index is 10.7. The molecule has 1 unspecified atom stereocenters. The van der Waals surface area contributed by atoms with Crippen molar-refractivity contribution in [1.82, 2.24) is 0 Å². The highest BCUT2D eigenvalue weighted by Gasteiger charge is 2.25. The van der Waals surface area contributed by atoms with Gasteiger partial charge in [-0.15, -0.1) is 0 Å². The van der Waals surface area contributed by atoms with E-state index in [1.54, 1.807) is 19.2 Å². The van der Waals surface area contributed by atoms with Gasteiger partial charge in [-0.3, -0.25) is 0 Å². The second kappa shape index (κ2) is 4.66. The van der Waals surface area contributed by atoms with Crippen molar-refractivity contribution in [3.05, 3.63) is 35.4 Å². The number of carboxylic acids is 1. The topological polar surface area (TPSA) is 46.5 Å². The van der Waals surface area contributed by atoms with Crippen LogP contribution in [0, 0.1) is 5.41 Å². The highest BCUT2D eigenvalue weighted by atomic mass is 16.5. The van der Waals surface area contributed by atoms with Crippen LogP contribution in [-0.2, 0) is 4.74 Å². The number of aromatic carboxylic acids is 1. The molecule has 0 fully saturated rings. The molecule has 0 heterocycles. The number of carboxylic acid groups (broad SMARTS) is 1. The van der Waals surface area contributed by atoms with Gasteiger partial charge in [0, 0.05) is 7.11 Å². The van der Waals surface area contributed by atoms with Crippen LogP contribution in [0.2, 0.25) is 0 Å². The molecule has 88 valence electrons. The first-order valence-corrected chi connectivity index (χ1v) is 5.22. The molecule has 0 amide bonds. The maximum atomic E-state index is 10.7. The van der Waals surface area contributed by atoms with Crippen molar-refractivity contribution < 1.29 is 14.6 Å². The molecule has 1 rings (SSSR count). The summed E-state index contributed by atoms with van der Waals surface area (Å²) < 4.78 is 5.45. The molecule has 0 radical (unpaired) electrons. The minimum Gasteiger partial charge on any atom is -0.478 e. The Bertz CT molecular complexity index is 360. The smallest absolute Gasteiger partial charge is 0.335 e.